The van der Waals surface area contributed by atoms with Gasteiger partial charge in [-0.05, 0) is 23.8 Å². The summed E-state index contributed by atoms with van der Waals surface area (Å²) in [5.41, 5.74) is 8.30. The summed E-state index contributed by atoms with van der Waals surface area (Å²) in [5.74, 6) is 2.96. The number of primary amides is 1. The molecule has 0 aromatic heterocycles. The molecule has 1 aromatic rings. The Bertz CT molecular complexity index is 488. The van der Waals surface area contributed by atoms with Crippen molar-refractivity contribution in [3.63, 3.8) is 0 Å². The Balaban J connectivity index is 0.000000774. The van der Waals surface area contributed by atoms with Gasteiger partial charge in [0.25, 0.3) is 0 Å². The van der Waals surface area contributed by atoms with Crippen LogP contribution in [0.4, 0.5) is 10.2 Å². The minimum Gasteiger partial charge on any atom is -0.380 e. The minimum atomic E-state index is -0.353. The SMILES string of the molecule is NC(=O)c1ccc(N2CCNCC2)cc1C1COC1.NF. The molecule has 0 aliphatic carbocycles. The highest BCUT2D eigenvalue weighted by Crippen LogP contribution is 2.30. The molecular formula is C14H21FN4O2. The first-order valence-electron chi connectivity index (χ1n) is 6.94. The average Bonchev–Trinajstić information content (AvgIpc) is 2.48. The van der Waals surface area contributed by atoms with Crippen LogP contribution in [-0.2, 0) is 4.74 Å². The molecule has 1 amide bonds. The van der Waals surface area contributed by atoms with Crippen LogP contribution in [0.2, 0.25) is 0 Å². The zero-order chi connectivity index (χ0) is 15.2. The van der Waals surface area contributed by atoms with Crippen LogP contribution in [-0.4, -0.2) is 45.3 Å². The van der Waals surface area contributed by atoms with Crippen molar-refractivity contribution in [1.82, 2.24) is 5.32 Å². The van der Waals surface area contributed by atoms with Crippen LogP contribution < -0.4 is 21.9 Å². The molecule has 116 valence electrons. The van der Waals surface area contributed by atoms with Crippen LogP contribution >= 0.6 is 0 Å². The quantitative estimate of drug-likeness (QED) is 0.690. The maximum absolute atomic E-state index is 11.5. The van der Waals surface area contributed by atoms with Crippen molar-refractivity contribution >= 4 is 11.6 Å². The summed E-state index contributed by atoms with van der Waals surface area (Å²) < 4.78 is 14.2. The van der Waals surface area contributed by atoms with Gasteiger partial charge < -0.3 is 20.7 Å². The van der Waals surface area contributed by atoms with E-state index in [1.54, 1.807) is 0 Å². The highest BCUT2D eigenvalue weighted by Gasteiger charge is 2.26. The van der Waals surface area contributed by atoms with Crippen LogP contribution in [0.3, 0.4) is 0 Å². The number of ether oxygens (including phenoxy) is 1. The highest BCUT2D eigenvalue weighted by molar-refractivity contribution is 5.95. The molecule has 0 spiro atoms. The van der Waals surface area contributed by atoms with E-state index in [-0.39, 0.29) is 5.91 Å². The Morgan fingerprint density at radius 1 is 1.29 bits per heavy atom. The Hall–Kier alpha value is -1.70. The molecular weight excluding hydrogens is 275 g/mol. The lowest BCUT2D eigenvalue weighted by Gasteiger charge is -2.32. The Kier molecular flexibility index (Phi) is 5.49. The standard InChI is InChI=1S/C14H19N3O2.FH2N/c15-14(18)12-2-1-11(17-5-3-16-4-6-17)7-13(12)10-8-19-9-10;1-2/h1-2,7,10,16H,3-6,8-9H2,(H2,15,18);2H2. The second-order valence-corrected chi connectivity index (χ2v) is 5.11. The maximum atomic E-state index is 11.5. The summed E-state index contributed by atoms with van der Waals surface area (Å²) in [6, 6.07) is 5.96. The first-order chi connectivity index (χ1) is 10.3. The fraction of sp³-hybridized carbons (Fsp3) is 0.500. The normalized spacial score (nSPS) is 18.5. The predicted molar refractivity (Wildman–Crippen MR) is 78.9 cm³/mol. The Morgan fingerprint density at radius 3 is 2.48 bits per heavy atom. The molecule has 6 nitrogen and oxygen atoms in total. The topological polar surface area (TPSA) is 93.6 Å². The smallest absolute Gasteiger partial charge is 0.248 e. The van der Waals surface area contributed by atoms with Crippen molar-refractivity contribution in [3.8, 4) is 0 Å². The van der Waals surface area contributed by atoms with Crippen LogP contribution in [0.1, 0.15) is 21.8 Å². The van der Waals surface area contributed by atoms with Gasteiger partial charge in [-0.25, -0.2) is 0 Å². The summed E-state index contributed by atoms with van der Waals surface area (Å²) >= 11 is 0. The number of piperazine rings is 1. The van der Waals surface area contributed by atoms with Crippen molar-refractivity contribution in [3.05, 3.63) is 29.3 Å². The van der Waals surface area contributed by atoms with Crippen molar-refractivity contribution in [1.29, 1.82) is 0 Å². The summed E-state index contributed by atoms with van der Waals surface area (Å²) in [6.45, 7) is 5.36. The van der Waals surface area contributed by atoms with Gasteiger partial charge in [0.1, 0.15) is 0 Å². The first kappa shape index (κ1) is 15.7. The zero-order valence-electron chi connectivity index (χ0n) is 11.8. The van der Waals surface area contributed by atoms with Gasteiger partial charge in [0.2, 0.25) is 5.91 Å². The molecule has 0 saturated carbocycles. The lowest BCUT2D eigenvalue weighted by atomic mass is 9.91. The van der Waals surface area contributed by atoms with Gasteiger partial charge in [-0.1, -0.05) is 0 Å². The number of carbonyl (C=O) groups excluding carboxylic acids is 1. The molecule has 5 N–H and O–H groups in total. The fourth-order valence-electron chi connectivity index (χ4n) is 2.65. The van der Waals surface area contributed by atoms with Crippen molar-refractivity contribution in [2.24, 2.45) is 11.7 Å². The second kappa shape index (κ2) is 7.35. The Morgan fingerprint density at radius 2 is 1.95 bits per heavy atom. The van der Waals surface area contributed by atoms with E-state index in [0.717, 1.165) is 31.7 Å². The number of benzene rings is 1. The van der Waals surface area contributed by atoms with E-state index < -0.39 is 0 Å². The molecule has 2 fully saturated rings. The van der Waals surface area contributed by atoms with Crippen molar-refractivity contribution in [2.45, 2.75) is 5.92 Å². The molecule has 2 saturated heterocycles. The van der Waals surface area contributed by atoms with Gasteiger partial charge in [-0.2, -0.15) is 5.96 Å². The third kappa shape index (κ3) is 3.49. The lowest BCUT2D eigenvalue weighted by Crippen LogP contribution is -2.43. The monoisotopic (exact) mass is 296 g/mol. The molecule has 1 aromatic carbocycles. The lowest BCUT2D eigenvalue weighted by molar-refractivity contribution is 0.00816. The maximum Gasteiger partial charge on any atom is 0.248 e. The number of nitrogens with two attached hydrogens (primary N) is 2. The van der Waals surface area contributed by atoms with Gasteiger partial charge >= 0.3 is 0 Å². The number of carbonyl (C=O) groups is 1. The van der Waals surface area contributed by atoms with E-state index in [0.29, 0.717) is 24.7 Å². The van der Waals surface area contributed by atoms with E-state index in [4.69, 9.17) is 15.0 Å². The molecule has 0 bridgehead atoms. The number of hydrogen-bond acceptors (Lipinski definition) is 5. The van der Waals surface area contributed by atoms with Gasteiger partial charge in [0.15, 0.2) is 0 Å². The number of nitrogens with one attached hydrogen (secondary N) is 1. The van der Waals surface area contributed by atoms with Crippen LogP contribution in [0, 0.1) is 0 Å². The van der Waals surface area contributed by atoms with Crippen molar-refractivity contribution in [2.75, 3.05) is 44.3 Å². The van der Waals surface area contributed by atoms with E-state index in [9.17, 15) is 4.79 Å². The van der Waals surface area contributed by atoms with E-state index in [1.807, 2.05) is 12.1 Å². The van der Waals surface area contributed by atoms with Gasteiger partial charge in [-0.3, -0.25) is 4.79 Å². The third-order valence-electron chi connectivity index (χ3n) is 3.86. The van der Waals surface area contributed by atoms with Gasteiger partial charge in [0, 0.05) is 43.3 Å². The second-order valence-electron chi connectivity index (χ2n) is 5.11. The minimum absolute atomic E-state index is 0.311. The first-order valence-corrected chi connectivity index (χ1v) is 6.94. The molecule has 0 unspecified atom stereocenters. The molecule has 3 rings (SSSR count). The number of rotatable bonds is 3. The summed E-state index contributed by atoms with van der Waals surface area (Å²) in [7, 11) is 0. The Labute approximate surface area is 123 Å². The third-order valence-corrected chi connectivity index (χ3v) is 3.86. The predicted octanol–water partition coefficient (Wildman–Crippen LogP) is 0.139. The molecule has 7 heteroatoms. The number of anilines is 1. The number of nitrogens with zero attached hydrogens (tertiary/aromatic N) is 1. The molecule has 0 atom stereocenters. The fourth-order valence-corrected chi connectivity index (χ4v) is 2.65. The number of hydrogen-bond donors (Lipinski definition) is 3. The van der Waals surface area contributed by atoms with E-state index in [2.05, 4.69) is 22.2 Å². The van der Waals surface area contributed by atoms with Crippen LogP contribution in [0.25, 0.3) is 0 Å². The average molecular weight is 296 g/mol. The molecule has 2 aliphatic heterocycles. The van der Waals surface area contributed by atoms with Crippen LogP contribution in [0.15, 0.2) is 18.2 Å². The summed E-state index contributed by atoms with van der Waals surface area (Å²) in [5, 5.41) is 3.34. The molecule has 21 heavy (non-hydrogen) atoms. The summed E-state index contributed by atoms with van der Waals surface area (Å²) in [6.07, 6.45) is 0. The van der Waals surface area contributed by atoms with E-state index in [1.165, 1.54) is 5.69 Å². The molecule has 0 radical (unpaired) electrons. The van der Waals surface area contributed by atoms with Crippen LogP contribution in [0.5, 0.6) is 0 Å². The largest absolute Gasteiger partial charge is 0.380 e. The number of amides is 1. The van der Waals surface area contributed by atoms with Gasteiger partial charge in [-0.15, -0.1) is 4.48 Å². The molecule has 2 heterocycles. The molecule has 2 aliphatic rings. The number of halogens is 1. The summed E-state index contributed by atoms with van der Waals surface area (Å²) in [4.78, 5) is 13.8. The van der Waals surface area contributed by atoms with Crippen molar-refractivity contribution < 1.29 is 14.0 Å². The zero-order valence-corrected chi connectivity index (χ0v) is 11.8. The van der Waals surface area contributed by atoms with E-state index >= 15 is 0 Å². The highest BCUT2D eigenvalue weighted by atomic mass is 19.2. The van der Waals surface area contributed by atoms with Gasteiger partial charge in [0.05, 0.1) is 13.2 Å².